The van der Waals surface area contributed by atoms with E-state index in [2.05, 4.69) is 10.6 Å². The predicted octanol–water partition coefficient (Wildman–Crippen LogP) is 2.36. The molecule has 0 aromatic heterocycles. The molecule has 0 fully saturated rings. The average Bonchev–Trinajstić information content (AvgIpc) is 2.29. The second-order valence-corrected chi connectivity index (χ2v) is 4.87. The van der Waals surface area contributed by atoms with E-state index in [4.69, 9.17) is 17.3 Å². The summed E-state index contributed by atoms with van der Waals surface area (Å²) in [6, 6.07) is 4.86. The number of benzene rings is 1. The number of anilines is 2. The first-order valence-corrected chi connectivity index (χ1v) is 6.39. The zero-order valence-electron chi connectivity index (χ0n) is 11.0. The molecule has 0 spiro atoms. The van der Waals surface area contributed by atoms with E-state index in [1.165, 1.54) is 6.92 Å². The van der Waals surface area contributed by atoms with Crippen LogP contribution in [0.25, 0.3) is 0 Å². The van der Waals surface area contributed by atoms with Crippen LogP contribution in [0.5, 0.6) is 0 Å². The van der Waals surface area contributed by atoms with Gasteiger partial charge >= 0.3 is 0 Å². The second kappa shape index (κ2) is 7.11. The summed E-state index contributed by atoms with van der Waals surface area (Å²) in [5, 5.41) is 5.84. The number of nitrogens with one attached hydrogen (secondary N) is 2. The quantitative estimate of drug-likeness (QED) is 0.775. The van der Waals surface area contributed by atoms with Gasteiger partial charge in [0.05, 0.1) is 11.4 Å². The maximum absolute atomic E-state index is 11.7. The third-order valence-electron chi connectivity index (χ3n) is 2.39. The second-order valence-electron chi connectivity index (χ2n) is 4.44. The number of hydrogen-bond acceptors (Lipinski definition) is 3. The first-order chi connectivity index (χ1) is 8.88. The molecule has 104 valence electrons. The minimum Gasteiger partial charge on any atom is -0.328 e. The lowest BCUT2D eigenvalue weighted by Gasteiger charge is -2.12. The van der Waals surface area contributed by atoms with Gasteiger partial charge in [-0.25, -0.2) is 0 Å². The molecule has 1 unspecified atom stereocenters. The largest absolute Gasteiger partial charge is 0.328 e. The molecule has 4 N–H and O–H groups in total. The molecule has 19 heavy (non-hydrogen) atoms. The molecule has 0 bridgehead atoms. The van der Waals surface area contributed by atoms with Crippen molar-refractivity contribution in [2.24, 2.45) is 5.73 Å². The third kappa shape index (κ3) is 5.72. The zero-order valence-corrected chi connectivity index (χ0v) is 11.8. The van der Waals surface area contributed by atoms with Crippen LogP contribution in [-0.2, 0) is 9.59 Å². The summed E-state index contributed by atoms with van der Waals surface area (Å²) < 4.78 is 0. The van der Waals surface area contributed by atoms with Crippen molar-refractivity contribution in [3.8, 4) is 0 Å². The lowest BCUT2D eigenvalue weighted by Crippen LogP contribution is -2.20. The van der Waals surface area contributed by atoms with Crippen molar-refractivity contribution < 1.29 is 9.59 Å². The van der Waals surface area contributed by atoms with E-state index in [9.17, 15) is 9.59 Å². The van der Waals surface area contributed by atoms with Crippen LogP contribution in [0, 0.1) is 0 Å². The Kier molecular flexibility index (Phi) is 5.79. The molecule has 0 aliphatic heterocycles. The molecule has 2 amide bonds. The topological polar surface area (TPSA) is 84.2 Å². The lowest BCUT2D eigenvalue weighted by molar-refractivity contribution is -0.116. The summed E-state index contributed by atoms with van der Waals surface area (Å²) in [6.07, 6.45) is 0.939. The molecular formula is C13H18ClN3O2. The fraction of sp³-hybridized carbons (Fsp3) is 0.385. The summed E-state index contributed by atoms with van der Waals surface area (Å²) in [5.74, 6) is -0.375. The average molecular weight is 284 g/mol. The summed E-state index contributed by atoms with van der Waals surface area (Å²) in [5.41, 5.74) is 6.60. The predicted molar refractivity (Wildman–Crippen MR) is 77.3 cm³/mol. The molecule has 5 nitrogen and oxygen atoms in total. The Morgan fingerprint density at radius 2 is 2.00 bits per heavy atom. The molecule has 0 radical (unpaired) electrons. The van der Waals surface area contributed by atoms with Crippen LogP contribution in [0.2, 0.25) is 5.02 Å². The van der Waals surface area contributed by atoms with Crippen molar-refractivity contribution in [1.82, 2.24) is 0 Å². The van der Waals surface area contributed by atoms with Gasteiger partial charge in [0.1, 0.15) is 0 Å². The van der Waals surface area contributed by atoms with Crippen LogP contribution in [0.1, 0.15) is 26.7 Å². The zero-order chi connectivity index (χ0) is 14.4. The van der Waals surface area contributed by atoms with Crippen molar-refractivity contribution in [3.05, 3.63) is 23.2 Å². The van der Waals surface area contributed by atoms with E-state index < -0.39 is 0 Å². The smallest absolute Gasteiger partial charge is 0.224 e. The summed E-state index contributed by atoms with van der Waals surface area (Å²) in [7, 11) is 0. The van der Waals surface area contributed by atoms with Gasteiger partial charge in [-0.15, -0.1) is 0 Å². The Morgan fingerprint density at radius 3 is 2.58 bits per heavy atom. The van der Waals surface area contributed by atoms with E-state index in [-0.39, 0.29) is 17.9 Å². The minimum absolute atomic E-state index is 0.0224. The first kappa shape index (κ1) is 15.5. The highest BCUT2D eigenvalue weighted by atomic mass is 35.5. The van der Waals surface area contributed by atoms with Crippen molar-refractivity contribution in [3.63, 3.8) is 0 Å². The first-order valence-electron chi connectivity index (χ1n) is 6.01. The Morgan fingerprint density at radius 1 is 1.32 bits per heavy atom. The van der Waals surface area contributed by atoms with Gasteiger partial charge in [-0.2, -0.15) is 0 Å². The summed E-state index contributed by atoms with van der Waals surface area (Å²) >= 11 is 5.86. The Balaban J connectivity index is 2.76. The number of carbonyl (C=O) groups is 2. The van der Waals surface area contributed by atoms with Crippen molar-refractivity contribution in [2.75, 3.05) is 10.6 Å². The number of hydrogen-bond donors (Lipinski definition) is 3. The summed E-state index contributed by atoms with van der Waals surface area (Å²) in [6.45, 7) is 3.24. The SMILES string of the molecule is CC(=O)Nc1cc(Cl)ccc1NC(=O)CCC(C)N. The van der Waals surface area contributed by atoms with Gasteiger partial charge in [-0.3, -0.25) is 9.59 Å². The van der Waals surface area contributed by atoms with E-state index in [0.717, 1.165) is 0 Å². The molecule has 0 aliphatic rings. The Labute approximate surface area is 117 Å². The monoisotopic (exact) mass is 283 g/mol. The van der Waals surface area contributed by atoms with Crippen molar-refractivity contribution in [1.29, 1.82) is 0 Å². The molecule has 1 atom stereocenters. The van der Waals surface area contributed by atoms with Gasteiger partial charge in [-0.05, 0) is 31.5 Å². The molecule has 0 saturated heterocycles. The van der Waals surface area contributed by atoms with Gasteiger partial charge in [0.15, 0.2) is 0 Å². The normalized spacial score (nSPS) is 11.8. The Bertz CT molecular complexity index is 475. The third-order valence-corrected chi connectivity index (χ3v) is 2.63. The highest BCUT2D eigenvalue weighted by Crippen LogP contribution is 2.26. The highest BCUT2D eigenvalue weighted by Gasteiger charge is 2.09. The van der Waals surface area contributed by atoms with Gasteiger partial charge in [0, 0.05) is 24.4 Å². The molecule has 6 heteroatoms. The van der Waals surface area contributed by atoms with Gasteiger partial charge in [-0.1, -0.05) is 11.6 Å². The van der Waals surface area contributed by atoms with Crippen LogP contribution in [-0.4, -0.2) is 17.9 Å². The molecule has 1 aromatic rings. The highest BCUT2D eigenvalue weighted by molar-refractivity contribution is 6.31. The molecular weight excluding hydrogens is 266 g/mol. The van der Waals surface area contributed by atoms with Crippen molar-refractivity contribution in [2.45, 2.75) is 32.7 Å². The molecule has 0 aliphatic carbocycles. The van der Waals surface area contributed by atoms with E-state index in [0.29, 0.717) is 29.2 Å². The fourth-order valence-electron chi connectivity index (χ4n) is 1.49. The van der Waals surface area contributed by atoms with Crippen LogP contribution >= 0.6 is 11.6 Å². The van der Waals surface area contributed by atoms with Crippen LogP contribution < -0.4 is 16.4 Å². The number of carbonyl (C=O) groups excluding carboxylic acids is 2. The molecule has 0 heterocycles. The van der Waals surface area contributed by atoms with Crippen LogP contribution in [0.4, 0.5) is 11.4 Å². The minimum atomic E-state index is -0.228. The maximum atomic E-state index is 11.7. The van der Waals surface area contributed by atoms with Gasteiger partial charge in [0.2, 0.25) is 11.8 Å². The molecule has 1 aromatic carbocycles. The van der Waals surface area contributed by atoms with Crippen molar-refractivity contribution >= 4 is 34.8 Å². The maximum Gasteiger partial charge on any atom is 0.224 e. The number of nitrogens with two attached hydrogens (primary N) is 1. The lowest BCUT2D eigenvalue weighted by atomic mass is 10.2. The fourth-order valence-corrected chi connectivity index (χ4v) is 1.66. The van der Waals surface area contributed by atoms with Gasteiger partial charge in [0.25, 0.3) is 0 Å². The van der Waals surface area contributed by atoms with E-state index >= 15 is 0 Å². The van der Waals surface area contributed by atoms with Gasteiger partial charge < -0.3 is 16.4 Å². The molecule has 0 saturated carbocycles. The number of halogens is 1. The molecule has 1 rings (SSSR count). The standard InChI is InChI=1S/C13H18ClN3O2/c1-8(15)3-6-13(19)17-11-5-4-10(14)7-12(11)16-9(2)18/h4-5,7-8H,3,6,15H2,1-2H3,(H,16,18)(H,17,19). The summed E-state index contributed by atoms with van der Waals surface area (Å²) in [4.78, 5) is 22.8. The van der Waals surface area contributed by atoms with Crippen LogP contribution in [0.15, 0.2) is 18.2 Å². The van der Waals surface area contributed by atoms with Crippen LogP contribution in [0.3, 0.4) is 0 Å². The number of amides is 2. The van der Waals surface area contributed by atoms with E-state index in [1.54, 1.807) is 18.2 Å². The Hall–Kier alpha value is -1.59. The van der Waals surface area contributed by atoms with E-state index in [1.807, 2.05) is 6.92 Å². The number of rotatable bonds is 5.